The fourth-order valence-electron chi connectivity index (χ4n) is 3.58. The number of methoxy groups -OCH3 is 1. The second-order valence-corrected chi connectivity index (χ2v) is 8.62. The largest absolute Gasteiger partial charge is 0.497 e. The van der Waals surface area contributed by atoms with Crippen LogP contribution in [0.3, 0.4) is 0 Å². The molecule has 2 aromatic rings. The second-order valence-electron chi connectivity index (χ2n) is 8.62. The molecule has 2 amide bonds. The first kappa shape index (κ1) is 26.9. The Labute approximate surface area is 200 Å². The van der Waals surface area contributed by atoms with Crippen LogP contribution in [0.5, 0.6) is 5.75 Å². The third-order valence-corrected chi connectivity index (χ3v) is 5.53. The Balaban J connectivity index is 2.08. The number of carboxylic acids is 1. The van der Waals surface area contributed by atoms with Crippen molar-refractivity contribution in [1.82, 2.24) is 10.6 Å². The summed E-state index contributed by atoms with van der Waals surface area (Å²) in [5.41, 5.74) is 1.68. The van der Waals surface area contributed by atoms with Gasteiger partial charge in [0.1, 0.15) is 11.8 Å². The lowest BCUT2D eigenvalue weighted by Gasteiger charge is -2.28. The number of nitrogens with one attached hydrogen (secondary N) is 2. The highest BCUT2D eigenvalue weighted by Crippen LogP contribution is 2.14. The molecule has 0 saturated heterocycles. The van der Waals surface area contributed by atoms with Crippen LogP contribution in [0.15, 0.2) is 54.6 Å². The SMILES string of the molecule is COc1ccc(CC(=O)NC(C(=O)NC(Cc2ccccc2)C(O)CCC(=O)O)C(C)C)cc1. The third kappa shape index (κ3) is 8.86. The summed E-state index contributed by atoms with van der Waals surface area (Å²) in [6.07, 6.45) is -0.826. The number of benzene rings is 2. The number of rotatable bonds is 13. The smallest absolute Gasteiger partial charge is 0.303 e. The van der Waals surface area contributed by atoms with Crippen LogP contribution in [0, 0.1) is 5.92 Å². The number of ether oxygens (including phenoxy) is 1. The number of carboxylic acid groups (broad SMARTS) is 1. The van der Waals surface area contributed by atoms with E-state index in [1.165, 1.54) is 0 Å². The van der Waals surface area contributed by atoms with E-state index in [0.717, 1.165) is 11.1 Å². The van der Waals surface area contributed by atoms with E-state index in [9.17, 15) is 19.5 Å². The number of aliphatic hydroxyl groups is 1. The molecule has 2 rings (SSSR count). The van der Waals surface area contributed by atoms with Crippen LogP contribution in [0.25, 0.3) is 0 Å². The Bertz CT molecular complexity index is 930. The predicted molar refractivity (Wildman–Crippen MR) is 128 cm³/mol. The summed E-state index contributed by atoms with van der Waals surface area (Å²) < 4.78 is 5.12. The molecule has 2 aromatic carbocycles. The van der Waals surface area contributed by atoms with Gasteiger partial charge in [-0.1, -0.05) is 56.3 Å². The van der Waals surface area contributed by atoms with Crippen molar-refractivity contribution in [3.63, 3.8) is 0 Å². The van der Waals surface area contributed by atoms with Gasteiger partial charge in [0.15, 0.2) is 0 Å². The normalized spacial score (nSPS) is 13.6. The summed E-state index contributed by atoms with van der Waals surface area (Å²) in [5.74, 6) is -1.25. The molecule has 0 aliphatic rings. The quantitative estimate of drug-likeness (QED) is 0.356. The zero-order chi connectivity index (χ0) is 25.1. The first-order valence-electron chi connectivity index (χ1n) is 11.4. The molecule has 0 spiro atoms. The van der Waals surface area contributed by atoms with Crippen molar-refractivity contribution in [1.29, 1.82) is 0 Å². The van der Waals surface area contributed by atoms with Gasteiger partial charge in [0.05, 0.1) is 25.7 Å². The zero-order valence-corrected chi connectivity index (χ0v) is 19.9. The molecule has 0 fully saturated rings. The molecule has 0 radical (unpaired) electrons. The molecule has 34 heavy (non-hydrogen) atoms. The molecule has 0 aromatic heterocycles. The van der Waals surface area contributed by atoms with Crippen molar-refractivity contribution in [2.45, 2.75) is 57.7 Å². The maximum absolute atomic E-state index is 13.1. The molecular formula is C26H34N2O6. The maximum Gasteiger partial charge on any atom is 0.303 e. The highest BCUT2D eigenvalue weighted by molar-refractivity contribution is 5.88. The van der Waals surface area contributed by atoms with E-state index in [4.69, 9.17) is 9.84 Å². The Morgan fingerprint density at radius 3 is 2.15 bits per heavy atom. The van der Waals surface area contributed by atoms with Crippen LogP contribution in [-0.2, 0) is 27.2 Å². The summed E-state index contributed by atoms with van der Waals surface area (Å²) in [6, 6.07) is 14.9. The van der Waals surface area contributed by atoms with Crippen LogP contribution < -0.4 is 15.4 Å². The summed E-state index contributed by atoms with van der Waals surface area (Å²) in [5, 5.41) is 25.2. The van der Waals surface area contributed by atoms with Gasteiger partial charge in [0.2, 0.25) is 11.8 Å². The minimum Gasteiger partial charge on any atom is -0.497 e. The van der Waals surface area contributed by atoms with E-state index >= 15 is 0 Å². The van der Waals surface area contributed by atoms with Crippen molar-refractivity contribution < 1.29 is 29.3 Å². The average Bonchev–Trinajstić information content (AvgIpc) is 2.81. The first-order valence-corrected chi connectivity index (χ1v) is 11.4. The first-order chi connectivity index (χ1) is 16.2. The Morgan fingerprint density at radius 2 is 1.59 bits per heavy atom. The maximum atomic E-state index is 13.1. The number of hydrogen-bond acceptors (Lipinski definition) is 5. The number of aliphatic hydroxyl groups excluding tert-OH is 1. The number of carbonyl (C=O) groups is 3. The summed E-state index contributed by atoms with van der Waals surface area (Å²) in [4.78, 5) is 36.7. The Kier molecular flexibility index (Phi) is 10.5. The van der Waals surface area contributed by atoms with Gasteiger partial charge >= 0.3 is 5.97 Å². The molecule has 0 heterocycles. The number of hydrogen-bond donors (Lipinski definition) is 4. The molecule has 8 nitrogen and oxygen atoms in total. The van der Waals surface area contributed by atoms with Crippen molar-refractivity contribution in [2.75, 3.05) is 7.11 Å². The molecule has 0 aliphatic heterocycles. The topological polar surface area (TPSA) is 125 Å². The minimum absolute atomic E-state index is 0.00326. The Hall–Kier alpha value is -3.39. The van der Waals surface area contributed by atoms with Gasteiger partial charge in [-0.25, -0.2) is 0 Å². The van der Waals surface area contributed by atoms with Gasteiger partial charge in [-0.15, -0.1) is 0 Å². The highest BCUT2D eigenvalue weighted by Gasteiger charge is 2.29. The summed E-state index contributed by atoms with van der Waals surface area (Å²) in [6.45, 7) is 3.65. The molecule has 3 unspecified atom stereocenters. The van der Waals surface area contributed by atoms with E-state index < -0.39 is 30.1 Å². The van der Waals surface area contributed by atoms with E-state index in [-0.39, 0.29) is 31.1 Å². The molecule has 8 heteroatoms. The third-order valence-electron chi connectivity index (χ3n) is 5.53. The lowest BCUT2D eigenvalue weighted by Crippen LogP contribution is -2.55. The standard InChI is InChI=1S/C26H34N2O6/c1-17(2)25(28-23(30)16-19-9-11-20(34-3)12-10-19)26(33)27-21(22(29)13-14-24(31)32)15-18-7-5-4-6-8-18/h4-12,17,21-22,25,29H,13-16H2,1-3H3,(H,27,33)(H,28,30)(H,31,32). The van der Waals surface area contributed by atoms with E-state index in [1.807, 2.05) is 44.2 Å². The molecule has 0 bridgehead atoms. The van der Waals surface area contributed by atoms with Crippen LogP contribution in [0.4, 0.5) is 0 Å². The van der Waals surface area contributed by atoms with E-state index in [0.29, 0.717) is 12.2 Å². The Morgan fingerprint density at radius 1 is 0.941 bits per heavy atom. The molecule has 0 aliphatic carbocycles. The van der Waals surface area contributed by atoms with Gasteiger partial charge in [-0.3, -0.25) is 14.4 Å². The molecular weight excluding hydrogens is 436 g/mol. The molecule has 3 atom stereocenters. The van der Waals surface area contributed by atoms with Gasteiger partial charge in [-0.05, 0) is 42.0 Å². The van der Waals surface area contributed by atoms with Gasteiger partial charge in [-0.2, -0.15) is 0 Å². The van der Waals surface area contributed by atoms with Crippen LogP contribution in [0.1, 0.15) is 37.8 Å². The van der Waals surface area contributed by atoms with Gasteiger partial charge < -0.3 is 25.6 Å². The predicted octanol–water partition coefficient (Wildman–Crippen LogP) is 2.33. The number of amides is 2. The zero-order valence-electron chi connectivity index (χ0n) is 19.9. The van der Waals surface area contributed by atoms with Crippen molar-refractivity contribution >= 4 is 17.8 Å². The lowest BCUT2D eigenvalue weighted by molar-refractivity contribution is -0.137. The van der Waals surface area contributed by atoms with Crippen LogP contribution in [-0.4, -0.2) is 53.3 Å². The van der Waals surface area contributed by atoms with Crippen molar-refractivity contribution in [3.8, 4) is 5.75 Å². The molecule has 0 saturated carbocycles. The number of carbonyl (C=O) groups excluding carboxylic acids is 2. The second kappa shape index (κ2) is 13.3. The fourth-order valence-corrected chi connectivity index (χ4v) is 3.58. The molecule has 184 valence electrons. The van der Waals surface area contributed by atoms with Gasteiger partial charge in [0.25, 0.3) is 0 Å². The van der Waals surface area contributed by atoms with Crippen LogP contribution >= 0.6 is 0 Å². The number of aliphatic carboxylic acids is 1. The van der Waals surface area contributed by atoms with E-state index in [2.05, 4.69) is 10.6 Å². The molecule has 4 N–H and O–H groups in total. The fraction of sp³-hybridized carbons (Fsp3) is 0.423. The van der Waals surface area contributed by atoms with Crippen LogP contribution in [0.2, 0.25) is 0 Å². The summed E-state index contributed by atoms with van der Waals surface area (Å²) in [7, 11) is 1.57. The minimum atomic E-state index is -1.05. The van der Waals surface area contributed by atoms with Crippen molar-refractivity contribution in [3.05, 3.63) is 65.7 Å². The monoisotopic (exact) mass is 470 g/mol. The van der Waals surface area contributed by atoms with E-state index in [1.54, 1.807) is 31.4 Å². The average molecular weight is 471 g/mol. The van der Waals surface area contributed by atoms with Gasteiger partial charge in [0, 0.05) is 6.42 Å². The highest BCUT2D eigenvalue weighted by atomic mass is 16.5. The summed E-state index contributed by atoms with van der Waals surface area (Å²) >= 11 is 0. The van der Waals surface area contributed by atoms with Crippen molar-refractivity contribution in [2.24, 2.45) is 5.92 Å². The lowest BCUT2D eigenvalue weighted by atomic mass is 9.96.